The van der Waals surface area contributed by atoms with Gasteiger partial charge >= 0.3 is 0 Å². The summed E-state index contributed by atoms with van der Waals surface area (Å²) in [6.07, 6.45) is 2.55. The van der Waals surface area contributed by atoms with Crippen LogP contribution in [-0.2, 0) is 0 Å². The molecule has 3 fully saturated rings. The van der Waals surface area contributed by atoms with Crippen molar-refractivity contribution in [3.8, 4) is 0 Å². The number of nitro groups is 1. The lowest BCUT2D eigenvalue weighted by Crippen LogP contribution is -2.56. The third kappa shape index (κ3) is 2.69. The third-order valence-electron chi connectivity index (χ3n) is 4.70. The van der Waals surface area contributed by atoms with Crippen molar-refractivity contribution in [1.82, 2.24) is 10.2 Å². The fourth-order valence-corrected chi connectivity index (χ4v) is 3.48. The summed E-state index contributed by atoms with van der Waals surface area (Å²) in [7, 11) is 0. The Morgan fingerprint density at radius 2 is 2.15 bits per heavy atom. The molecular formula is C15H21N3O2. The van der Waals surface area contributed by atoms with Gasteiger partial charge in [0.2, 0.25) is 0 Å². The predicted octanol–water partition coefficient (Wildman–Crippen LogP) is 2.34. The molecule has 108 valence electrons. The molecule has 0 radical (unpaired) electrons. The van der Waals surface area contributed by atoms with Crippen LogP contribution in [0.1, 0.15) is 31.4 Å². The van der Waals surface area contributed by atoms with E-state index in [9.17, 15) is 10.1 Å². The lowest BCUT2D eigenvalue weighted by atomic mass is 9.83. The summed E-state index contributed by atoms with van der Waals surface area (Å²) in [5.74, 6) is 0.765. The minimum atomic E-state index is -0.329. The van der Waals surface area contributed by atoms with E-state index in [0.29, 0.717) is 6.04 Å². The average molecular weight is 275 g/mol. The highest BCUT2D eigenvalue weighted by molar-refractivity contribution is 5.35. The monoisotopic (exact) mass is 275 g/mol. The highest BCUT2D eigenvalue weighted by Gasteiger charge is 2.34. The molecule has 1 aromatic carbocycles. The third-order valence-corrected chi connectivity index (χ3v) is 4.70. The van der Waals surface area contributed by atoms with Gasteiger partial charge in [-0.2, -0.15) is 0 Å². The number of nitrogens with one attached hydrogen (secondary N) is 1. The summed E-state index contributed by atoms with van der Waals surface area (Å²) in [6, 6.07) is 7.63. The van der Waals surface area contributed by atoms with Crippen LogP contribution in [0.4, 0.5) is 5.69 Å². The molecule has 5 nitrogen and oxygen atoms in total. The molecule has 2 unspecified atom stereocenters. The first-order valence-corrected chi connectivity index (χ1v) is 7.36. The molecule has 4 rings (SSSR count). The van der Waals surface area contributed by atoms with Crippen LogP contribution in [0.2, 0.25) is 0 Å². The van der Waals surface area contributed by atoms with Crippen LogP contribution in [-0.4, -0.2) is 35.5 Å². The molecule has 3 saturated heterocycles. The Labute approximate surface area is 119 Å². The highest BCUT2D eigenvalue weighted by Crippen LogP contribution is 2.29. The van der Waals surface area contributed by atoms with Gasteiger partial charge in [-0.25, -0.2) is 0 Å². The van der Waals surface area contributed by atoms with E-state index in [-0.39, 0.29) is 16.7 Å². The molecule has 1 N–H and O–H groups in total. The van der Waals surface area contributed by atoms with Gasteiger partial charge in [-0.3, -0.25) is 10.1 Å². The van der Waals surface area contributed by atoms with Crippen molar-refractivity contribution in [2.45, 2.75) is 31.8 Å². The van der Waals surface area contributed by atoms with Crippen LogP contribution >= 0.6 is 0 Å². The van der Waals surface area contributed by atoms with Gasteiger partial charge in [0.1, 0.15) is 0 Å². The van der Waals surface area contributed by atoms with Crippen LogP contribution in [0.5, 0.6) is 0 Å². The summed E-state index contributed by atoms with van der Waals surface area (Å²) in [5, 5.41) is 14.5. The molecule has 0 saturated carbocycles. The summed E-state index contributed by atoms with van der Waals surface area (Å²) in [4.78, 5) is 13.0. The number of rotatable bonds is 4. The minimum Gasteiger partial charge on any atom is -0.306 e. The molecule has 3 aliphatic heterocycles. The Morgan fingerprint density at radius 1 is 1.40 bits per heavy atom. The molecule has 1 aromatic rings. The molecule has 3 heterocycles. The fourth-order valence-electron chi connectivity index (χ4n) is 3.48. The van der Waals surface area contributed by atoms with Gasteiger partial charge in [0.15, 0.2) is 0 Å². The van der Waals surface area contributed by atoms with Crippen molar-refractivity contribution in [3.63, 3.8) is 0 Å². The Bertz CT molecular complexity index is 498. The van der Waals surface area contributed by atoms with Gasteiger partial charge in [0.25, 0.3) is 5.69 Å². The zero-order valence-corrected chi connectivity index (χ0v) is 11.8. The van der Waals surface area contributed by atoms with Crippen LogP contribution < -0.4 is 5.32 Å². The van der Waals surface area contributed by atoms with Crippen molar-refractivity contribution in [2.24, 2.45) is 5.92 Å². The van der Waals surface area contributed by atoms with E-state index in [4.69, 9.17) is 0 Å². The number of fused-ring (bicyclic) bond motifs is 3. The second-order valence-corrected chi connectivity index (χ2v) is 5.98. The molecule has 0 aromatic heterocycles. The maximum Gasteiger partial charge on any atom is 0.269 e. The van der Waals surface area contributed by atoms with E-state index in [2.05, 4.69) is 17.1 Å². The average Bonchev–Trinajstić information content (AvgIpc) is 2.48. The highest BCUT2D eigenvalue weighted by atomic mass is 16.6. The fraction of sp³-hybridized carbons (Fsp3) is 0.600. The Hall–Kier alpha value is -1.46. The molecular weight excluding hydrogens is 254 g/mol. The quantitative estimate of drug-likeness (QED) is 0.677. The first kappa shape index (κ1) is 13.5. The molecule has 2 bridgehead atoms. The second kappa shape index (κ2) is 5.50. The van der Waals surface area contributed by atoms with E-state index in [1.807, 2.05) is 6.07 Å². The summed E-state index contributed by atoms with van der Waals surface area (Å²) >= 11 is 0. The Morgan fingerprint density at radius 3 is 2.75 bits per heavy atom. The number of non-ortho nitro benzene ring substituents is 1. The number of hydrogen-bond acceptors (Lipinski definition) is 4. The smallest absolute Gasteiger partial charge is 0.269 e. The second-order valence-electron chi connectivity index (χ2n) is 5.98. The van der Waals surface area contributed by atoms with Crippen molar-refractivity contribution in [2.75, 3.05) is 19.6 Å². The summed E-state index contributed by atoms with van der Waals surface area (Å²) in [5.41, 5.74) is 1.17. The molecule has 0 aliphatic carbocycles. The van der Waals surface area contributed by atoms with Gasteiger partial charge in [0, 0.05) is 30.8 Å². The Balaban J connectivity index is 1.68. The number of nitrogens with zero attached hydrogens (tertiary/aromatic N) is 2. The minimum absolute atomic E-state index is 0.153. The zero-order valence-electron chi connectivity index (χ0n) is 11.8. The lowest BCUT2D eigenvalue weighted by Gasteiger charge is -2.46. The van der Waals surface area contributed by atoms with E-state index in [1.54, 1.807) is 18.2 Å². The van der Waals surface area contributed by atoms with E-state index in [0.717, 1.165) is 18.0 Å². The van der Waals surface area contributed by atoms with E-state index in [1.165, 1.54) is 25.9 Å². The summed E-state index contributed by atoms with van der Waals surface area (Å²) in [6.45, 7) is 5.67. The largest absolute Gasteiger partial charge is 0.306 e. The van der Waals surface area contributed by atoms with Crippen LogP contribution in [0.3, 0.4) is 0 Å². The number of hydrogen-bond donors (Lipinski definition) is 1. The van der Waals surface area contributed by atoms with Crippen molar-refractivity contribution >= 4 is 5.69 Å². The predicted molar refractivity (Wildman–Crippen MR) is 77.6 cm³/mol. The Kier molecular flexibility index (Phi) is 3.72. The first-order chi connectivity index (χ1) is 9.63. The zero-order chi connectivity index (χ0) is 14.1. The molecule has 3 aliphatic rings. The standard InChI is InChI=1S/C15H21N3O2/c1-11(13-3-2-4-14(9-13)18(19)20)16-15-10-17-7-5-12(15)6-8-17/h2-4,9,11-12,15-16H,5-8,10H2,1H3. The maximum atomic E-state index is 10.8. The van der Waals surface area contributed by atoms with Crippen molar-refractivity contribution in [1.29, 1.82) is 0 Å². The van der Waals surface area contributed by atoms with Gasteiger partial charge in [-0.05, 0) is 44.3 Å². The van der Waals surface area contributed by atoms with Crippen LogP contribution in [0.15, 0.2) is 24.3 Å². The lowest BCUT2D eigenvalue weighted by molar-refractivity contribution is -0.384. The van der Waals surface area contributed by atoms with Crippen molar-refractivity contribution in [3.05, 3.63) is 39.9 Å². The SMILES string of the molecule is CC(NC1CN2CCC1CC2)c1cccc([N+](=O)[O-])c1. The topological polar surface area (TPSA) is 58.4 Å². The van der Waals surface area contributed by atoms with Gasteiger partial charge in [-0.15, -0.1) is 0 Å². The number of benzene rings is 1. The van der Waals surface area contributed by atoms with Gasteiger partial charge < -0.3 is 10.2 Å². The number of piperidine rings is 3. The molecule has 0 amide bonds. The van der Waals surface area contributed by atoms with Gasteiger partial charge in [-0.1, -0.05) is 12.1 Å². The van der Waals surface area contributed by atoms with Crippen molar-refractivity contribution < 1.29 is 4.92 Å². The van der Waals surface area contributed by atoms with Gasteiger partial charge in [0.05, 0.1) is 4.92 Å². The first-order valence-electron chi connectivity index (χ1n) is 7.36. The van der Waals surface area contributed by atoms with Crippen LogP contribution in [0.25, 0.3) is 0 Å². The number of nitro benzene ring substituents is 1. The summed E-state index contributed by atoms with van der Waals surface area (Å²) < 4.78 is 0. The van der Waals surface area contributed by atoms with E-state index >= 15 is 0 Å². The molecule has 0 spiro atoms. The van der Waals surface area contributed by atoms with E-state index < -0.39 is 0 Å². The molecule has 5 heteroatoms. The molecule has 2 atom stereocenters. The molecule has 20 heavy (non-hydrogen) atoms. The van der Waals surface area contributed by atoms with Crippen LogP contribution in [0, 0.1) is 16.0 Å². The maximum absolute atomic E-state index is 10.8. The normalized spacial score (nSPS) is 30.1.